The lowest BCUT2D eigenvalue weighted by Crippen LogP contribution is -1.95. The maximum absolute atomic E-state index is 11.9. The molecule has 0 aliphatic rings. The van der Waals surface area contributed by atoms with Gasteiger partial charge in [-0.2, -0.15) is 9.36 Å². The van der Waals surface area contributed by atoms with Crippen LogP contribution in [-0.4, -0.2) is 13.6 Å². The molecule has 0 aliphatic heterocycles. The van der Waals surface area contributed by atoms with Gasteiger partial charge >= 0.3 is 0 Å². The zero-order valence-electron chi connectivity index (χ0n) is 8.19. The highest BCUT2D eigenvalue weighted by Crippen LogP contribution is 2.24. The molecule has 1 heterocycles. The molecule has 0 N–H and O–H groups in total. The van der Waals surface area contributed by atoms with Crippen LogP contribution in [0.2, 0.25) is 15.3 Å². The number of nitrogens with zero attached hydrogens (tertiary/aromatic N) is 2. The van der Waals surface area contributed by atoms with Gasteiger partial charge in [0.2, 0.25) is 9.62 Å². The summed E-state index contributed by atoms with van der Waals surface area (Å²) in [4.78, 5) is 3.86. The van der Waals surface area contributed by atoms with Crippen molar-refractivity contribution in [3.8, 4) is 0 Å². The van der Waals surface area contributed by atoms with Crippen molar-refractivity contribution in [2.75, 3.05) is 0 Å². The fourth-order valence-electron chi connectivity index (χ4n) is 1.13. The molecular weight excluding hydrogens is 323 g/mol. The van der Waals surface area contributed by atoms with Crippen molar-refractivity contribution in [1.82, 2.24) is 9.36 Å². The van der Waals surface area contributed by atoms with E-state index in [1.54, 1.807) is 18.2 Å². The van der Waals surface area contributed by atoms with Crippen LogP contribution in [0, 0.1) is 0 Å². The van der Waals surface area contributed by atoms with Crippen LogP contribution >= 0.6 is 46.3 Å². The first-order valence-electron chi connectivity index (χ1n) is 4.38. The lowest BCUT2D eigenvalue weighted by Gasteiger charge is -2.01. The van der Waals surface area contributed by atoms with Gasteiger partial charge in [0.1, 0.15) is 0 Å². The summed E-state index contributed by atoms with van der Waals surface area (Å²) in [5.74, 6) is 0.308. The minimum absolute atomic E-state index is 0.118. The first kappa shape index (κ1) is 13.2. The third kappa shape index (κ3) is 3.39. The Labute approximate surface area is 119 Å². The minimum atomic E-state index is -1.27. The van der Waals surface area contributed by atoms with E-state index in [4.69, 9.17) is 34.8 Å². The molecule has 90 valence electrons. The van der Waals surface area contributed by atoms with Gasteiger partial charge in [-0.15, -0.1) is 0 Å². The standard InChI is InChI=1S/C9H5Cl3N2OS2/c10-6-2-1-5(3-7(6)11)4-17(15)9-13-8(12)14-16-9/h1-3H,4H2/t17-/m0/s1. The molecule has 0 spiro atoms. The van der Waals surface area contributed by atoms with Crippen molar-refractivity contribution in [2.24, 2.45) is 0 Å². The van der Waals surface area contributed by atoms with Crippen LogP contribution in [0.4, 0.5) is 0 Å². The van der Waals surface area contributed by atoms with Crippen LogP contribution in [0.25, 0.3) is 0 Å². The number of hydrogen-bond acceptors (Lipinski definition) is 4. The second-order valence-electron chi connectivity index (χ2n) is 3.07. The average molecular weight is 328 g/mol. The van der Waals surface area contributed by atoms with E-state index in [0.717, 1.165) is 17.1 Å². The van der Waals surface area contributed by atoms with Gasteiger partial charge in [-0.25, -0.2) is 0 Å². The average Bonchev–Trinajstić information content (AvgIpc) is 2.70. The predicted octanol–water partition coefficient (Wildman–Crippen LogP) is 3.81. The summed E-state index contributed by atoms with van der Waals surface area (Å²) in [6.07, 6.45) is 0. The van der Waals surface area contributed by atoms with Crippen LogP contribution in [0.1, 0.15) is 5.56 Å². The monoisotopic (exact) mass is 326 g/mol. The number of rotatable bonds is 3. The molecular formula is C9H5Cl3N2OS2. The topological polar surface area (TPSA) is 42.9 Å². The second kappa shape index (κ2) is 5.63. The molecule has 1 aromatic carbocycles. The first-order valence-corrected chi connectivity index (χ1v) is 7.60. The molecule has 3 nitrogen and oxygen atoms in total. The lowest BCUT2D eigenvalue weighted by atomic mass is 10.2. The quantitative estimate of drug-likeness (QED) is 0.861. The third-order valence-electron chi connectivity index (χ3n) is 1.86. The number of hydrogen-bond donors (Lipinski definition) is 0. The van der Waals surface area contributed by atoms with Crippen molar-refractivity contribution in [3.05, 3.63) is 39.1 Å². The fourth-order valence-corrected chi connectivity index (χ4v) is 3.47. The second-order valence-corrected chi connectivity index (χ2v) is 6.60. The highest BCUT2D eigenvalue weighted by atomic mass is 35.5. The molecule has 0 fully saturated rings. The van der Waals surface area contributed by atoms with Gasteiger partial charge in [0.25, 0.3) is 0 Å². The van der Waals surface area contributed by atoms with Crippen molar-refractivity contribution in [1.29, 1.82) is 0 Å². The van der Waals surface area contributed by atoms with Gasteiger partial charge in [0.15, 0.2) is 0 Å². The maximum atomic E-state index is 11.9. The maximum Gasteiger partial charge on any atom is 0.235 e. The largest absolute Gasteiger partial charge is 0.251 e. The summed E-state index contributed by atoms with van der Waals surface area (Å²) < 4.78 is 16.1. The van der Waals surface area contributed by atoms with Crippen LogP contribution in [0.3, 0.4) is 0 Å². The number of halogens is 3. The molecule has 0 saturated carbocycles. The lowest BCUT2D eigenvalue weighted by molar-refractivity contribution is 0.682. The highest BCUT2D eigenvalue weighted by Gasteiger charge is 2.11. The smallest absolute Gasteiger partial charge is 0.235 e. The van der Waals surface area contributed by atoms with E-state index in [0.29, 0.717) is 20.1 Å². The summed E-state index contributed by atoms with van der Waals surface area (Å²) in [5, 5.41) is 1.03. The number of benzene rings is 1. The molecule has 1 atom stereocenters. The molecule has 0 radical (unpaired) electrons. The zero-order valence-corrected chi connectivity index (χ0v) is 12.1. The minimum Gasteiger partial charge on any atom is -0.251 e. The van der Waals surface area contributed by atoms with Crippen LogP contribution < -0.4 is 0 Å². The summed E-state index contributed by atoms with van der Waals surface area (Å²) in [5.41, 5.74) is 0.823. The van der Waals surface area contributed by atoms with Crippen LogP contribution in [0.15, 0.2) is 22.5 Å². The molecule has 2 rings (SSSR count). The Balaban J connectivity index is 2.15. The van der Waals surface area contributed by atoms with Gasteiger partial charge in [0.05, 0.1) is 26.6 Å². The molecule has 2 aromatic rings. The summed E-state index contributed by atoms with van der Waals surface area (Å²) in [6, 6.07) is 5.13. The predicted molar refractivity (Wildman–Crippen MR) is 71.5 cm³/mol. The Morgan fingerprint density at radius 3 is 2.59 bits per heavy atom. The van der Waals surface area contributed by atoms with Gasteiger partial charge in [-0.1, -0.05) is 29.3 Å². The van der Waals surface area contributed by atoms with E-state index in [-0.39, 0.29) is 5.28 Å². The van der Waals surface area contributed by atoms with E-state index >= 15 is 0 Å². The van der Waals surface area contributed by atoms with Gasteiger partial charge in [0, 0.05) is 0 Å². The highest BCUT2D eigenvalue weighted by molar-refractivity contribution is 7.86. The summed E-state index contributed by atoms with van der Waals surface area (Å²) in [7, 11) is -1.27. The SMILES string of the molecule is O=[S@@](Cc1ccc(Cl)c(Cl)c1)c1nc(Cl)ns1. The molecule has 17 heavy (non-hydrogen) atoms. The Hall–Kier alpha value is -0.200. The van der Waals surface area contributed by atoms with E-state index in [9.17, 15) is 4.21 Å². The van der Waals surface area contributed by atoms with E-state index < -0.39 is 10.8 Å². The molecule has 0 amide bonds. The normalized spacial score (nSPS) is 12.6. The number of aromatic nitrogens is 2. The summed E-state index contributed by atoms with van der Waals surface area (Å²) >= 11 is 18.3. The van der Waals surface area contributed by atoms with Crippen molar-refractivity contribution >= 4 is 57.1 Å². The molecule has 0 saturated heterocycles. The van der Waals surface area contributed by atoms with Crippen molar-refractivity contribution in [2.45, 2.75) is 10.1 Å². The zero-order chi connectivity index (χ0) is 12.4. The molecule has 0 unspecified atom stereocenters. The van der Waals surface area contributed by atoms with Gasteiger partial charge < -0.3 is 0 Å². The summed E-state index contributed by atoms with van der Waals surface area (Å²) in [6.45, 7) is 0. The molecule has 1 aromatic heterocycles. The van der Waals surface area contributed by atoms with Crippen LogP contribution in [-0.2, 0) is 16.6 Å². The molecule has 8 heteroatoms. The van der Waals surface area contributed by atoms with Gasteiger partial charge in [-0.05, 0) is 40.8 Å². The first-order chi connectivity index (χ1) is 8.06. The van der Waals surface area contributed by atoms with Gasteiger partial charge in [-0.3, -0.25) is 4.21 Å². The van der Waals surface area contributed by atoms with E-state index in [2.05, 4.69) is 9.36 Å². The van der Waals surface area contributed by atoms with E-state index in [1.807, 2.05) is 0 Å². The van der Waals surface area contributed by atoms with E-state index in [1.165, 1.54) is 0 Å². The third-order valence-corrected chi connectivity index (χ3v) is 5.24. The molecule has 0 aliphatic carbocycles. The Morgan fingerprint density at radius 2 is 2.00 bits per heavy atom. The van der Waals surface area contributed by atoms with Crippen molar-refractivity contribution < 1.29 is 4.21 Å². The van der Waals surface area contributed by atoms with Crippen LogP contribution in [0.5, 0.6) is 0 Å². The Morgan fingerprint density at radius 1 is 1.24 bits per heavy atom. The Kier molecular flexibility index (Phi) is 4.38. The Bertz CT molecular complexity index is 573. The fraction of sp³-hybridized carbons (Fsp3) is 0.111. The molecule has 0 bridgehead atoms. The van der Waals surface area contributed by atoms with Crippen molar-refractivity contribution in [3.63, 3.8) is 0 Å².